The summed E-state index contributed by atoms with van der Waals surface area (Å²) < 4.78 is 0. The van der Waals surface area contributed by atoms with Crippen molar-refractivity contribution in [3.8, 4) is 0 Å². The van der Waals surface area contributed by atoms with Gasteiger partial charge in [-0.1, -0.05) is 103 Å². The molecule has 0 saturated heterocycles. The fourth-order valence-corrected chi connectivity index (χ4v) is 7.10. The molecule has 1 aliphatic heterocycles. The summed E-state index contributed by atoms with van der Waals surface area (Å²) in [5.74, 6) is 2.43. The number of fused-ring (bicyclic) bond motifs is 1. The molecule has 0 nitrogen and oxygen atoms in total. The molecule has 0 aromatic heterocycles. The number of benzene rings is 3. The first kappa shape index (κ1) is 13.4. The Labute approximate surface area is 131 Å². The summed E-state index contributed by atoms with van der Waals surface area (Å²) in [5, 5.41) is 4.28. The third kappa shape index (κ3) is 2.00. The average Bonchev–Trinajstić information content (AvgIpc) is 2.63. The van der Waals surface area contributed by atoms with Crippen LogP contribution >= 0.6 is 6.89 Å². The Balaban J connectivity index is 2.12. The molecule has 0 bridgehead atoms. The maximum Gasteiger partial charge on any atom is -0.00879 e. The first-order valence-electron chi connectivity index (χ1n) is 7.53. The predicted molar refractivity (Wildman–Crippen MR) is 100 cm³/mol. The summed E-state index contributed by atoms with van der Waals surface area (Å²) in [6.07, 6.45) is 4.45. The van der Waals surface area contributed by atoms with Gasteiger partial charge in [0, 0.05) is 0 Å². The lowest BCUT2D eigenvalue weighted by Crippen LogP contribution is -2.29. The molecule has 0 atom stereocenters. The molecule has 0 aliphatic carbocycles. The summed E-state index contributed by atoms with van der Waals surface area (Å²) in [6, 6.07) is 30.7. The molecule has 0 N–H and O–H groups in total. The Morgan fingerprint density at radius 1 is 0.545 bits per heavy atom. The Morgan fingerprint density at radius 3 is 1.73 bits per heavy atom. The SMILES string of the molecule is C1=Cc2ccccc2P(c2ccccc2)(c2ccccc2)=C1. The van der Waals surface area contributed by atoms with Gasteiger partial charge in [-0.2, -0.15) is 0 Å². The smallest absolute Gasteiger partial charge is 0.00879 e. The molecule has 0 radical (unpaired) electrons. The van der Waals surface area contributed by atoms with Gasteiger partial charge in [-0.3, -0.25) is 0 Å². The molecule has 0 amide bonds. The minimum absolute atomic E-state index is 1.34. The van der Waals surface area contributed by atoms with Crippen LogP contribution in [0.1, 0.15) is 5.56 Å². The van der Waals surface area contributed by atoms with Crippen molar-refractivity contribution in [2.75, 3.05) is 0 Å². The second-order valence-corrected chi connectivity index (χ2v) is 8.72. The van der Waals surface area contributed by atoms with Crippen LogP contribution in [-0.2, 0) is 0 Å². The van der Waals surface area contributed by atoms with E-state index in [-0.39, 0.29) is 0 Å². The monoisotopic (exact) mass is 300 g/mol. The van der Waals surface area contributed by atoms with Crippen LogP contribution in [0.5, 0.6) is 0 Å². The van der Waals surface area contributed by atoms with Crippen molar-refractivity contribution in [2.24, 2.45) is 0 Å². The van der Waals surface area contributed by atoms with Crippen molar-refractivity contribution in [3.63, 3.8) is 0 Å². The highest BCUT2D eigenvalue weighted by Gasteiger charge is 2.27. The normalized spacial score (nSPS) is 14.9. The Bertz CT molecular complexity index is 831. The Kier molecular flexibility index (Phi) is 3.33. The van der Waals surface area contributed by atoms with Gasteiger partial charge in [0.05, 0.1) is 0 Å². The van der Waals surface area contributed by atoms with E-state index in [1.165, 1.54) is 21.5 Å². The maximum absolute atomic E-state index is 2.43. The van der Waals surface area contributed by atoms with Crippen molar-refractivity contribution < 1.29 is 0 Å². The third-order valence-corrected chi connectivity index (χ3v) is 8.24. The minimum atomic E-state index is -1.70. The summed E-state index contributed by atoms with van der Waals surface area (Å²) in [7, 11) is 0. The van der Waals surface area contributed by atoms with E-state index in [1.54, 1.807) is 0 Å². The number of hydrogen-bond donors (Lipinski definition) is 0. The first-order valence-corrected chi connectivity index (χ1v) is 9.39. The van der Waals surface area contributed by atoms with Gasteiger partial charge in [0.1, 0.15) is 0 Å². The van der Waals surface area contributed by atoms with Crippen molar-refractivity contribution in [2.45, 2.75) is 0 Å². The largest absolute Gasteiger partial charge is 0.0622 e. The second-order valence-electron chi connectivity index (χ2n) is 5.46. The number of hydrogen-bond acceptors (Lipinski definition) is 0. The van der Waals surface area contributed by atoms with Gasteiger partial charge in [-0.25, -0.2) is 0 Å². The molecule has 0 unspecified atom stereocenters. The third-order valence-electron chi connectivity index (χ3n) is 4.23. The van der Waals surface area contributed by atoms with E-state index in [1.807, 2.05) is 0 Å². The lowest BCUT2D eigenvalue weighted by atomic mass is 10.2. The zero-order valence-corrected chi connectivity index (χ0v) is 13.2. The molecule has 0 fully saturated rings. The van der Waals surface area contributed by atoms with E-state index in [2.05, 4.69) is 103 Å². The lowest BCUT2D eigenvalue weighted by molar-refractivity contribution is 1.70. The fraction of sp³-hybridized carbons (Fsp3) is 0. The highest BCUT2D eigenvalue weighted by atomic mass is 31.2. The fourth-order valence-electron chi connectivity index (χ4n) is 3.23. The molecule has 22 heavy (non-hydrogen) atoms. The molecule has 1 heterocycles. The van der Waals surface area contributed by atoms with Crippen LogP contribution in [0.4, 0.5) is 0 Å². The van der Waals surface area contributed by atoms with Gasteiger partial charge >= 0.3 is 0 Å². The van der Waals surface area contributed by atoms with Crippen molar-refractivity contribution >= 4 is 34.7 Å². The zero-order valence-electron chi connectivity index (χ0n) is 12.3. The van der Waals surface area contributed by atoms with Gasteiger partial charge in [0.15, 0.2) is 0 Å². The predicted octanol–water partition coefficient (Wildman–Crippen LogP) is 3.81. The highest BCUT2D eigenvalue weighted by molar-refractivity contribution is 7.94. The molecule has 1 aliphatic rings. The van der Waals surface area contributed by atoms with Crippen LogP contribution < -0.4 is 15.9 Å². The van der Waals surface area contributed by atoms with Crippen LogP contribution in [0.2, 0.25) is 0 Å². The summed E-state index contributed by atoms with van der Waals surface area (Å²) in [6.45, 7) is -1.70. The van der Waals surface area contributed by atoms with E-state index >= 15 is 0 Å². The molecule has 0 spiro atoms. The van der Waals surface area contributed by atoms with Gasteiger partial charge in [0.2, 0.25) is 0 Å². The van der Waals surface area contributed by atoms with E-state index in [9.17, 15) is 0 Å². The average molecular weight is 300 g/mol. The molecule has 0 saturated carbocycles. The molecule has 3 aromatic carbocycles. The van der Waals surface area contributed by atoms with Crippen molar-refractivity contribution in [1.82, 2.24) is 0 Å². The molecule has 4 rings (SSSR count). The molecule has 106 valence electrons. The minimum Gasteiger partial charge on any atom is -0.0622 e. The van der Waals surface area contributed by atoms with Crippen LogP contribution in [0, 0.1) is 0 Å². The summed E-state index contributed by atoms with van der Waals surface area (Å²) >= 11 is 0. The van der Waals surface area contributed by atoms with Crippen LogP contribution in [0.15, 0.2) is 91.0 Å². The number of rotatable bonds is 2. The summed E-state index contributed by atoms with van der Waals surface area (Å²) in [5.41, 5.74) is 1.34. The van der Waals surface area contributed by atoms with E-state index in [0.717, 1.165) is 0 Å². The first-order chi connectivity index (χ1) is 10.9. The van der Waals surface area contributed by atoms with E-state index in [4.69, 9.17) is 0 Å². The number of allylic oxidation sites excluding steroid dienone is 1. The standard InChI is InChI=1S/C21H17P/c1-3-12-19(13-4-1)22(20-14-5-2-6-15-20)17-9-11-18-10-7-8-16-21(18)22/h1-17H. The summed E-state index contributed by atoms with van der Waals surface area (Å²) in [4.78, 5) is 0. The zero-order chi connectivity index (χ0) is 14.8. The van der Waals surface area contributed by atoms with Crippen LogP contribution in [0.25, 0.3) is 6.08 Å². The van der Waals surface area contributed by atoms with Gasteiger partial charge in [-0.15, -0.1) is 0 Å². The molecule has 3 aromatic rings. The van der Waals surface area contributed by atoms with Gasteiger partial charge < -0.3 is 0 Å². The highest BCUT2D eigenvalue weighted by Crippen LogP contribution is 2.46. The Hall–Kier alpha value is -2.30. The second kappa shape index (κ2) is 5.48. The molecule has 1 heteroatoms. The van der Waals surface area contributed by atoms with Crippen LogP contribution in [0.3, 0.4) is 0 Å². The lowest BCUT2D eigenvalue weighted by Gasteiger charge is -2.31. The Morgan fingerprint density at radius 2 is 1.09 bits per heavy atom. The van der Waals surface area contributed by atoms with E-state index in [0.29, 0.717) is 0 Å². The van der Waals surface area contributed by atoms with Gasteiger partial charge in [-0.05, 0) is 28.4 Å². The van der Waals surface area contributed by atoms with Gasteiger partial charge in [0.25, 0.3) is 0 Å². The van der Waals surface area contributed by atoms with Crippen molar-refractivity contribution in [1.29, 1.82) is 0 Å². The maximum atomic E-state index is 2.43. The van der Waals surface area contributed by atoms with Crippen molar-refractivity contribution in [3.05, 3.63) is 96.6 Å². The topological polar surface area (TPSA) is 0 Å². The van der Waals surface area contributed by atoms with Crippen LogP contribution in [-0.4, -0.2) is 5.80 Å². The van der Waals surface area contributed by atoms with E-state index < -0.39 is 6.89 Å². The quantitative estimate of drug-likeness (QED) is 0.631. The molecular formula is C21H17P. The molecular weight excluding hydrogens is 283 g/mol.